The Morgan fingerprint density at radius 2 is 2.60 bits per heavy atom. The predicted molar refractivity (Wildman–Crippen MR) is 40.8 cm³/mol. The normalized spacial score (nSPS) is 14.7. The van der Waals surface area contributed by atoms with Gasteiger partial charge in [-0.25, -0.2) is 0 Å². The Bertz CT molecular complexity index is 234. The van der Waals surface area contributed by atoms with E-state index in [-0.39, 0.29) is 5.91 Å². The molecule has 1 heterocycles. The van der Waals surface area contributed by atoms with Gasteiger partial charge in [0.2, 0.25) is 5.91 Å². The summed E-state index contributed by atoms with van der Waals surface area (Å²) in [5.74, 6) is -0.0559. The first-order chi connectivity index (χ1) is 4.79. The lowest BCUT2D eigenvalue weighted by Crippen LogP contribution is -2.21. The molecule has 1 aliphatic rings. The maximum atomic E-state index is 10.5. The molecule has 0 aliphatic carbocycles. The van der Waals surface area contributed by atoms with E-state index < -0.39 is 0 Å². The van der Waals surface area contributed by atoms with Crippen LogP contribution < -0.4 is 9.98 Å². The summed E-state index contributed by atoms with van der Waals surface area (Å²) in [5.41, 5.74) is 0.787. The van der Waals surface area contributed by atoms with E-state index in [0.29, 0.717) is 0 Å². The second-order valence-electron chi connectivity index (χ2n) is 2.04. The third-order valence-electron chi connectivity index (χ3n) is 1.08. The highest BCUT2D eigenvalue weighted by Crippen LogP contribution is 1.88. The van der Waals surface area contributed by atoms with E-state index in [4.69, 9.17) is 0 Å². The van der Waals surface area contributed by atoms with Gasteiger partial charge in [-0.05, 0) is 6.08 Å². The zero-order valence-electron chi connectivity index (χ0n) is 5.79. The van der Waals surface area contributed by atoms with E-state index in [1.54, 1.807) is 12.4 Å². The first-order valence-electron chi connectivity index (χ1n) is 3.11. The molecule has 0 atom stereocenters. The summed E-state index contributed by atoms with van der Waals surface area (Å²) in [6.45, 7) is 1.48. The van der Waals surface area contributed by atoms with Crippen LogP contribution >= 0.6 is 0 Å². The number of nitrogens with zero attached hydrogens (tertiary/aromatic N) is 1. The second-order valence-corrected chi connectivity index (χ2v) is 2.04. The Morgan fingerprint density at radius 1 is 1.80 bits per heavy atom. The summed E-state index contributed by atoms with van der Waals surface area (Å²) < 4.78 is 3.88. The topological polar surface area (TPSA) is 43.2 Å². The Labute approximate surface area is 59.2 Å². The lowest BCUT2D eigenvalue weighted by atomic mass is 10.3. The van der Waals surface area contributed by atoms with E-state index in [0.717, 1.165) is 12.1 Å². The van der Waals surface area contributed by atoms with Crippen LogP contribution in [0.2, 0.25) is 0 Å². The van der Waals surface area contributed by atoms with Gasteiger partial charge in [-0.1, -0.05) is 0 Å². The van der Waals surface area contributed by atoms with Crippen molar-refractivity contribution < 1.29 is 4.79 Å². The molecule has 1 N–H and O–H groups in total. The van der Waals surface area contributed by atoms with Crippen molar-refractivity contribution in [3.63, 3.8) is 0 Å². The monoisotopic (exact) mass is 137 g/mol. The molecule has 0 spiro atoms. The smallest absolute Gasteiger partial charge is 0.314 e. The maximum Gasteiger partial charge on any atom is 0.314 e. The average Bonchev–Trinajstić information content (AvgIpc) is 1.88. The third-order valence-corrected chi connectivity index (χ3v) is 1.08. The summed E-state index contributed by atoms with van der Waals surface area (Å²) in [4.78, 5) is 10.5. The molecular weight excluding hydrogens is 128 g/mol. The SMILES string of the molecule is CC(=O)NC1=CCC=[N+]=C1. The van der Waals surface area contributed by atoms with Crippen molar-refractivity contribution >= 4 is 18.3 Å². The van der Waals surface area contributed by atoms with Crippen molar-refractivity contribution in [2.75, 3.05) is 0 Å². The van der Waals surface area contributed by atoms with Gasteiger partial charge in [0, 0.05) is 6.92 Å². The minimum absolute atomic E-state index is 0.0559. The minimum atomic E-state index is -0.0559. The second kappa shape index (κ2) is 2.99. The van der Waals surface area contributed by atoms with Gasteiger partial charge >= 0.3 is 6.21 Å². The van der Waals surface area contributed by atoms with Crippen LogP contribution in [0.15, 0.2) is 11.8 Å². The molecule has 3 heteroatoms. The predicted octanol–water partition coefficient (Wildman–Crippen LogP) is -0.381. The molecule has 0 saturated carbocycles. The van der Waals surface area contributed by atoms with E-state index in [1.165, 1.54) is 6.92 Å². The molecule has 52 valence electrons. The van der Waals surface area contributed by atoms with Crippen LogP contribution in [0.1, 0.15) is 13.3 Å². The molecule has 0 aromatic rings. The molecule has 0 radical (unpaired) electrons. The van der Waals surface area contributed by atoms with E-state index in [2.05, 4.69) is 9.98 Å². The van der Waals surface area contributed by atoms with Gasteiger partial charge < -0.3 is 5.32 Å². The van der Waals surface area contributed by atoms with Crippen molar-refractivity contribution in [2.45, 2.75) is 13.3 Å². The fraction of sp³-hybridized carbons (Fsp3) is 0.286. The fourth-order valence-electron chi connectivity index (χ4n) is 0.713. The van der Waals surface area contributed by atoms with Crippen LogP contribution in [-0.4, -0.2) is 18.3 Å². The number of carbonyl (C=O) groups excluding carboxylic acids is 1. The van der Waals surface area contributed by atoms with Crippen LogP contribution in [0, 0.1) is 0 Å². The summed E-state index contributed by atoms with van der Waals surface area (Å²) in [6.07, 6.45) is 6.12. The number of hydrogen-bond acceptors (Lipinski definition) is 1. The highest BCUT2D eigenvalue weighted by Gasteiger charge is 2.03. The first kappa shape index (κ1) is 6.78. The van der Waals surface area contributed by atoms with Gasteiger partial charge in [-0.3, -0.25) is 4.79 Å². The van der Waals surface area contributed by atoms with Crippen molar-refractivity contribution in [1.29, 1.82) is 0 Å². The maximum absolute atomic E-state index is 10.5. The number of allylic oxidation sites excluding steroid dienone is 2. The molecule has 1 aliphatic heterocycles. The lowest BCUT2D eigenvalue weighted by molar-refractivity contribution is -0.118. The van der Waals surface area contributed by atoms with Crippen LogP contribution in [-0.2, 0) is 4.79 Å². The largest absolute Gasteiger partial charge is 0.321 e. The molecule has 0 unspecified atom stereocenters. The Morgan fingerprint density at radius 3 is 3.10 bits per heavy atom. The zero-order valence-corrected chi connectivity index (χ0v) is 5.79. The summed E-state index contributed by atoms with van der Waals surface area (Å²) in [5, 5.41) is 2.63. The van der Waals surface area contributed by atoms with Crippen molar-refractivity contribution in [3.05, 3.63) is 11.8 Å². The van der Waals surface area contributed by atoms with E-state index >= 15 is 0 Å². The fourth-order valence-corrected chi connectivity index (χ4v) is 0.713. The van der Waals surface area contributed by atoms with Crippen LogP contribution in [0.3, 0.4) is 0 Å². The van der Waals surface area contributed by atoms with Gasteiger partial charge in [-0.2, -0.15) is 0 Å². The van der Waals surface area contributed by atoms with Gasteiger partial charge in [0.15, 0.2) is 0 Å². The van der Waals surface area contributed by atoms with Crippen molar-refractivity contribution in [1.82, 2.24) is 9.98 Å². The van der Waals surface area contributed by atoms with Gasteiger partial charge in [0.25, 0.3) is 6.21 Å². The summed E-state index contributed by atoms with van der Waals surface area (Å²) >= 11 is 0. The highest BCUT2D eigenvalue weighted by atomic mass is 16.1. The Balaban J connectivity index is 2.58. The van der Waals surface area contributed by atoms with Gasteiger partial charge in [0.05, 0.1) is 6.42 Å². The highest BCUT2D eigenvalue weighted by molar-refractivity contribution is 5.89. The Hall–Kier alpha value is -1.34. The van der Waals surface area contributed by atoms with Crippen LogP contribution in [0.5, 0.6) is 0 Å². The van der Waals surface area contributed by atoms with Crippen LogP contribution in [0.25, 0.3) is 0 Å². The van der Waals surface area contributed by atoms with Crippen molar-refractivity contribution in [2.24, 2.45) is 0 Å². The standard InChI is InChI=1S/C7H8N2O/c1-6(10)9-7-3-2-4-8-5-7/h3-5H,2H2,1H3/p+1. The molecule has 0 saturated heterocycles. The number of carbonyl (C=O) groups is 1. The number of rotatable bonds is 1. The Kier molecular flexibility index (Phi) is 2.03. The quantitative estimate of drug-likeness (QED) is 0.492. The molecular formula is C7H9N2O+. The molecule has 10 heavy (non-hydrogen) atoms. The summed E-state index contributed by atoms with van der Waals surface area (Å²) in [6, 6.07) is 0. The van der Waals surface area contributed by atoms with Crippen LogP contribution in [0.4, 0.5) is 0 Å². The number of nitrogens with one attached hydrogen (secondary N) is 1. The van der Waals surface area contributed by atoms with Crippen molar-refractivity contribution in [3.8, 4) is 0 Å². The molecule has 3 nitrogen and oxygen atoms in total. The molecule has 1 rings (SSSR count). The van der Waals surface area contributed by atoms with Gasteiger partial charge in [-0.15, -0.1) is 4.67 Å². The van der Waals surface area contributed by atoms with E-state index in [1.807, 2.05) is 6.08 Å². The third kappa shape index (κ3) is 1.88. The van der Waals surface area contributed by atoms with E-state index in [9.17, 15) is 4.79 Å². The number of amides is 1. The summed E-state index contributed by atoms with van der Waals surface area (Å²) in [7, 11) is 0. The number of hydrogen-bond donors (Lipinski definition) is 1. The first-order valence-corrected chi connectivity index (χ1v) is 3.11. The molecule has 1 amide bonds. The van der Waals surface area contributed by atoms with Gasteiger partial charge in [0.1, 0.15) is 5.70 Å². The zero-order chi connectivity index (χ0) is 7.40. The molecule has 0 aromatic carbocycles. The molecule has 0 fully saturated rings. The molecule has 0 bridgehead atoms. The minimum Gasteiger partial charge on any atom is -0.321 e. The lowest BCUT2D eigenvalue weighted by Gasteiger charge is -1.95. The molecule has 0 aromatic heterocycles. The average molecular weight is 137 g/mol.